The number of carbonyl (C=O) groups excluding carboxylic acids is 3. The number of fused-ring (bicyclic) bond motifs is 1. The number of nitrogens with one attached hydrogen (secondary N) is 3. The molecule has 1 heterocycles. The number of amides is 3. The molecule has 0 spiro atoms. The van der Waals surface area contributed by atoms with Crippen molar-refractivity contribution >= 4 is 28.5 Å². The number of rotatable bonds is 13. The third-order valence-electron chi connectivity index (χ3n) is 7.82. The van der Waals surface area contributed by atoms with Gasteiger partial charge in [-0.15, -0.1) is 0 Å². The third kappa shape index (κ3) is 8.77. The van der Waals surface area contributed by atoms with E-state index in [2.05, 4.69) is 29.8 Å². The summed E-state index contributed by atoms with van der Waals surface area (Å²) in [6.45, 7) is 11.7. The van der Waals surface area contributed by atoms with Crippen molar-refractivity contribution in [2.75, 3.05) is 26.2 Å². The van der Waals surface area contributed by atoms with Crippen molar-refractivity contribution in [1.82, 2.24) is 20.9 Å². The Morgan fingerprint density at radius 3 is 2.38 bits per heavy atom. The summed E-state index contributed by atoms with van der Waals surface area (Å²) in [5, 5.41) is 21.7. The van der Waals surface area contributed by atoms with Gasteiger partial charge in [-0.05, 0) is 41.6 Å². The highest BCUT2D eigenvalue weighted by Crippen LogP contribution is 2.26. The zero-order valence-electron chi connectivity index (χ0n) is 24.8. The molecule has 0 aromatic heterocycles. The molecule has 3 atom stereocenters. The summed E-state index contributed by atoms with van der Waals surface area (Å²) in [6, 6.07) is 12.6. The third-order valence-corrected chi connectivity index (χ3v) is 7.82. The van der Waals surface area contributed by atoms with Crippen molar-refractivity contribution < 1.29 is 19.5 Å². The highest BCUT2D eigenvalue weighted by atomic mass is 16.3. The van der Waals surface area contributed by atoms with Gasteiger partial charge in [0, 0.05) is 31.5 Å². The lowest BCUT2D eigenvalue weighted by Gasteiger charge is -2.31. The van der Waals surface area contributed by atoms with E-state index in [1.54, 1.807) is 4.90 Å². The Bertz CT molecular complexity index is 1140. The number of aliphatic hydroxyl groups is 1. The van der Waals surface area contributed by atoms with Gasteiger partial charge in [-0.3, -0.25) is 14.4 Å². The van der Waals surface area contributed by atoms with Gasteiger partial charge in [0.1, 0.15) is 12.1 Å². The Hall–Kier alpha value is -2.97. The van der Waals surface area contributed by atoms with Crippen molar-refractivity contribution in [1.29, 1.82) is 0 Å². The van der Waals surface area contributed by atoms with E-state index in [-0.39, 0.29) is 24.3 Å². The molecule has 0 saturated carbocycles. The molecule has 0 aliphatic carbocycles. The molecular formula is C32H48N4O4. The first-order chi connectivity index (χ1) is 19.0. The summed E-state index contributed by atoms with van der Waals surface area (Å²) in [5.41, 5.74) is 0.323. The Labute approximate surface area is 239 Å². The van der Waals surface area contributed by atoms with Gasteiger partial charge >= 0.3 is 0 Å². The van der Waals surface area contributed by atoms with Crippen LogP contribution in [0.2, 0.25) is 0 Å². The van der Waals surface area contributed by atoms with Gasteiger partial charge in [-0.2, -0.15) is 0 Å². The molecule has 8 heteroatoms. The van der Waals surface area contributed by atoms with Gasteiger partial charge in [-0.25, -0.2) is 0 Å². The normalized spacial score (nSPS) is 17.2. The Morgan fingerprint density at radius 2 is 1.70 bits per heavy atom. The molecule has 3 amide bonds. The molecule has 8 nitrogen and oxygen atoms in total. The Kier molecular flexibility index (Phi) is 11.5. The molecule has 1 aliphatic heterocycles. The molecule has 4 N–H and O–H groups in total. The number of benzene rings is 2. The topological polar surface area (TPSA) is 111 Å². The van der Waals surface area contributed by atoms with E-state index >= 15 is 0 Å². The lowest BCUT2D eigenvalue weighted by atomic mass is 9.94. The van der Waals surface area contributed by atoms with Crippen molar-refractivity contribution in [2.45, 2.75) is 84.9 Å². The van der Waals surface area contributed by atoms with Crippen LogP contribution in [0.25, 0.3) is 10.8 Å². The second kappa shape index (κ2) is 14.6. The van der Waals surface area contributed by atoms with E-state index in [0.29, 0.717) is 31.8 Å². The van der Waals surface area contributed by atoms with Crippen LogP contribution < -0.4 is 16.0 Å². The summed E-state index contributed by atoms with van der Waals surface area (Å²) in [6.07, 6.45) is 3.02. The monoisotopic (exact) mass is 552 g/mol. The largest absolute Gasteiger partial charge is 0.390 e. The molecule has 1 saturated heterocycles. The fraction of sp³-hybridized carbons (Fsp3) is 0.594. The Morgan fingerprint density at radius 1 is 1.00 bits per heavy atom. The summed E-state index contributed by atoms with van der Waals surface area (Å²) in [7, 11) is 0. The van der Waals surface area contributed by atoms with Crippen LogP contribution in [0.1, 0.15) is 65.9 Å². The summed E-state index contributed by atoms with van der Waals surface area (Å²) >= 11 is 0. The zero-order chi connectivity index (χ0) is 29.3. The molecule has 0 radical (unpaired) electrons. The van der Waals surface area contributed by atoms with Gasteiger partial charge in [0.05, 0.1) is 6.10 Å². The van der Waals surface area contributed by atoms with Crippen LogP contribution in [0.4, 0.5) is 0 Å². The quantitative estimate of drug-likeness (QED) is 0.304. The smallest absolute Gasteiger partial charge is 0.243 e. The van der Waals surface area contributed by atoms with Crippen LogP contribution in [0.15, 0.2) is 42.5 Å². The van der Waals surface area contributed by atoms with Crippen LogP contribution in [0.3, 0.4) is 0 Å². The molecule has 40 heavy (non-hydrogen) atoms. The molecule has 1 aliphatic rings. The molecule has 3 rings (SSSR count). The molecular weight excluding hydrogens is 504 g/mol. The fourth-order valence-electron chi connectivity index (χ4n) is 5.24. The Balaban J connectivity index is 1.70. The first-order valence-electron chi connectivity index (χ1n) is 14.8. The lowest BCUT2D eigenvalue weighted by Crippen LogP contribution is -2.55. The molecule has 2 aromatic rings. The second-order valence-electron chi connectivity index (χ2n) is 12.1. The maximum absolute atomic E-state index is 13.5. The van der Waals surface area contributed by atoms with Crippen LogP contribution in [0.5, 0.6) is 0 Å². The number of hydrogen-bond donors (Lipinski definition) is 4. The zero-order valence-corrected chi connectivity index (χ0v) is 24.8. The first-order valence-corrected chi connectivity index (χ1v) is 14.8. The molecule has 1 unspecified atom stereocenters. The average molecular weight is 553 g/mol. The molecule has 220 valence electrons. The van der Waals surface area contributed by atoms with Gasteiger partial charge in [0.15, 0.2) is 0 Å². The van der Waals surface area contributed by atoms with E-state index in [1.165, 1.54) is 0 Å². The van der Waals surface area contributed by atoms with Crippen LogP contribution in [0, 0.1) is 11.3 Å². The van der Waals surface area contributed by atoms with Crippen molar-refractivity contribution in [3.63, 3.8) is 0 Å². The van der Waals surface area contributed by atoms with Gasteiger partial charge in [-0.1, -0.05) is 89.9 Å². The first kappa shape index (κ1) is 31.6. The maximum atomic E-state index is 13.5. The van der Waals surface area contributed by atoms with Crippen LogP contribution >= 0.6 is 0 Å². The minimum atomic E-state index is -0.842. The molecule has 2 aromatic carbocycles. The maximum Gasteiger partial charge on any atom is 0.243 e. The number of aliphatic hydroxyl groups excluding tert-OH is 1. The lowest BCUT2D eigenvalue weighted by molar-refractivity contribution is -0.145. The van der Waals surface area contributed by atoms with Crippen LogP contribution in [-0.4, -0.2) is 72.1 Å². The van der Waals surface area contributed by atoms with Crippen molar-refractivity contribution in [3.05, 3.63) is 48.0 Å². The SMILES string of the molecule is CCC(CC)CNCC(O)CNC(=O)[C@@H](Cc1ccc2ccccc2c1)NC(=O)[C@@H]1CCCN1C(=O)C(C)(C)C. The second-order valence-corrected chi connectivity index (χ2v) is 12.1. The number of likely N-dealkylation sites (tertiary alicyclic amines) is 1. The fourth-order valence-corrected chi connectivity index (χ4v) is 5.24. The van der Waals surface area contributed by atoms with Crippen molar-refractivity contribution in [2.24, 2.45) is 11.3 Å². The van der Waals surface area contributed by atoms with Gasteiger partial charge < -0.3 is 26.0 Å². The molecule has 1 fully saturated rings. The van der Waals surface area contributed by atoms with E-state index in [9.17, 15) is 19.5 Å². The van der Waals surface area contributed by atoms with Gasteiger partial charge in [0.25, 0.3) is 0 Å². The number of carbonyl (C=O) groups is 3. The predicted octanol–water partition coefficient (Wildman–Crippen LogP) is 3.41. The summed E-state index contributed by atoms with van der Waals surface area (Å²) in [5.74, 6) is -0.177. The minimum absolute atomic E-state index is 0.0651. The van der Waals surface area contributed by atoms with Crippen LogP contribution in [-0.2, 0) is 20.8 Å². The van der Waals surface area contributed by atoms with E-state index in [0.717, 1.165) is 42.1 Å². The minimum Gasteiger partial charge on any atom is -0.390 e. The van der Waals surface area contributed by atoms with Crippen molar-refractivity contribution in [3.8, 4) is 0 Å². The standard InChI is InChI=1S/C32H48N4O4/c1-6-22(7-2)19-33-20-26(37)21-34-29(38)27(18-23-14-15-24-11-8-9-12-25(24)17-23)35-30(39)28-13-10-16-36(28)31(40)32(3,4)5/h8-9,11-12,14-15,17,22,26-28,33,37H,6-7,10,13,16,18-21H2,1-5H3,(H,34,38)(H,35,39)/t26?,27-,28+/m1/s1. The number of hydrogen-bond acceptors (Lipinski definition) is 5. The van der Waals surface area contributed by atoms with E-state index in [1.807, 2.05) is 63.2 Å². The summed E-state index contributed by atoms with van der Waals surface area (Å²) in [4.78, 5) is 41.5. The number of nitrogens with zero attached hydrogens (tertiary/aromatic N) is 1. The average Bonchev–Trinajstić information content (AvgIpc) is 3.42. The highest BCUT2D eigenvalue weighted by Gasteiger charge is 2.39. The van der Waals surface area contributed by atoms with E-state index in [4.69, 9.17) is 0 Å². The predicted molar refractivity (Wildman–Crippen MR) is 160 cm³/mol. The summed E-state index contributed by atoms with van der Waals surface area (Å²) < 4.78 is 0. The van der Waals surface area contributed by atoms with E-state index < -0.39 is 23.6 Å². The van der Waals surface area contributed by atoms with Gasteiger partial charge in [0.2, 0.25) is 17.7 Å². The highest BCUT2D eigenvalue weighted by molar-refractivity contribution is 5.93. The molecule has 0 bridgehead atoms.